The third kappa shape index (κ3) is 6.38. The number of rotatable bonds is 7. The predicted octanol–water partition coefficient (Wildman–Crippen LogP) is 13.0. The normalized spacial score (nSPS) is 14.6. The molecule has 1 atom stereocenters. The van der Waals surface area contributed by atoms with E-state index in [1.807, 2.05) is 24.5 Å². The highest BCUT2D eigenvalue weighted by molar-refractivity contribution is 6.22. The summed E-state index contributed by atoms with van der Waals surface area (Å²) >= 11 is 0. The Morgan fingerprint density at radius 1 is 0.474 bits per heavy atom. The third-order valence-corrected chi connectivity index (χ3v) is 11.0. The van der Waals surface area contributed by atoms with Crippen LogP contribution in [0.1, 0.15) is 5.56 Å². The van der Waals surface area contributed by atoms with Gasteiger partial charge < -0.3 is 5.73 Å². The molecule has 4 nitrogen and oxygen atoms in total. The molecule has 9 aromatic rings. The Bertz CT molecular complexity index is 3020. The largest absolute Gasteiger partial charge is 0.319 e. The molecule has 0 amide bonds. The molecule has 0 radical (unpaired) electrons. The molecule has 8 aromatic carbocycles. The number of fused-ring (bicyclic) bond motifs is 3. The van der Waals surface area contributed by atoms with Crippen molar-refractivity contribution >= 4 is 49.3 Å². The van der Waals surface area contributed by atoms with Crippen molar-refractivity contribution in [1.82, 2.24) is 4.98 Å². The fraction of sp³-hybridized carbons (Fsp3) is 0.0189. The van der Waals surface area contributed by atoms with E-state index in [1.54, 1.807) is 0 Å². The van der Waals surface area contributed by atoms with Gasteiger partial charge in [-0.05, 0) is 113 Å². The number of nitrogens with one attached hydrogen (secondary N) is 1. The second-order valence-corrected chi connectivity index (χ2v) is 14.4. The van der Waals surface area contributed by atoms with Crippen molar-refractivity contribution in [3.8, 4) is 44.5 Å². The predicted molar refractivity (Wildman–Crippen MR) is 241 cm³/mol. The lowest BCUT2D eigenvalue weighted by molar-refractivity contribution is 1.07. The average Bonchev–Trinajstić information content (AvgIpc) is 3.28. The lowest BCUT2D eigenvalue weighted by Crippen LogP contribution is -2.29. The van der Waals surface area contributed by atoms with Crippen LogP contribution in [0, 0.1) is 0 Å². The van der Waals surface area contributed by atoms with E-state index in [0.29, 0.717) is 0 Å². The zero-order chi connectivity index (χ0) is 38.1. The fourth-order valence-electron chi connectivity index (χ4n) is 8.26. The van der Waals surface area contributed by atoms with Crippen molar-refractivity contribution in [2.75, 3.05) is 5.43 Å². The van der Waals surface area contributed by atoms with Gasteiger partial charge in [0.05, 0.1) is 17.4 Å². The van der Waals surface area contributed by atoms with Crippen molar-refractivity contribution in [3.63, 3.8) is 0 Å². The zero-order valence-electron chi connectivity index (χ0n) is 31.2. The average molecular weight is 731 g/mol. The number of hydrogen-bond acceptors (Lipinski definition) is 4. The third-order valence-electron chi connectivity index (χ3n) is 11.0. The van der Waals surface area contributed by atoms with Gasteiger partial charge >= 0.3 is 0 Å². The van der Waals surface area contributed by atoms with Gasteiger partial charge in [-0.15, -0.1) is 0 Å². The van der Waals surface area contributed by atoms with E-state index in [2.05, 4.69) is 192 Å². The summed E-state index contributed by atoms with van der Waals surface area (Å²) in [6.45, 7) is 0. The molecule has 1 aromatic heterocycles. The summed E-state index contributed by atoms with van der Waals surface area (Å²) in [4.78, 5) is 4.35. The molecular formula is C53H38N4. The minimum atomic E-state index is -0.334. The van der Waals surface area contributed by atoms with Gasteiger partial charge in [-0.2, -0.15) is 5.10 Å². The summed E-state index contributed by atoms with van der Waals surface area (Å²) in [6, 6.07) is 62.2. The molecule has 1 unspecified atom stereocenters. The fourth-order valence-corrected chi connectivity index (χ4v) is 8.26. The van der Waals surface area contributed by atoms with Crippen LogP contribution in [-0.4, -0.2) is 16.7 Å². The number of benzene rings is 8. The molecule has 270 valence electrons. The molecule has 0 spiro atoms. The van der Waals surface area contributed by atoms with Gasteiger partial charge in [-0.3, -0.25) is 10.4 Å². The molecule has 0 fully saturated rings. The van der Waals surface area contributed by atoms with Crippen LogP contribution in [0.5, 0.6) is 0 Å². The molecule has 1 heterocycles. The maximum Gasteiger partial charge on any atom is 0.0819 e. The first-order valence-corrected chi connectivity index (χ1v) is 19.3. The van der Waals surface area contributed by atoms with E-state index in [1.165, 1.54) is 65.7 Å². The van der Waals surface area contributed by atoms with E-state index in [9.17, 15) is 0 Å². The topological polar surface area (TPSA) is 63.3 Å². The standard InChI is InChI=1S/C53H38N4/c54-50-30-24-39(33-51(50)57-56-41-25-21-35(22-26-41)42-28-29-43(40-16-11-31-55-34-40)45-18-8-7-17-44(42)45)38-23-27-48-49(32-38)53(37-14-5-2-6-15-37)47-20-10-9-19-46(47)52(48)36-12-3-1-4-13-36/h1-34,50,56H,54H2. The molecule has 57 heavy (non-hydrogen) atoms. The smallest absolute Gasteiger partial charge is 0.0819 e. The summed E-state index contributed by atoms with van der Waals surface area (Å²) in [7, 11) is 0. The van der Waals surface area contributed by atoms with Crippen LogP contribution in [0.15, 0.2) is 212 Å². The highest BCUT2D eigenvalue weighted by atomic mass is 15.3. The van der Waals surface area contributed by atoms with Crippen molar-refractivity contribution in [2.45, 2.75) is 6.04 Å². The summed E-state index contributed by atoms with van der Waals surface area (Å²) < 4.78 is 0. The van der Waals surface area contributed by atoms with Crippen LogP contribution < -0.4 is 11.2 Å². The highest BCUT2D eigenvalue weighted by Gasteiger charge is 2.19. The van der Waals surface area contributed by atoms with Crippen molar-refractivity contribution < 1.29 is 0 Å². The number of hydrazone groups is 1. The number of nitrogens with two attached hydrogens (primary N) is 1. The number of nitrogens with zero attached hydrogens (tertiary/aromatic N) is 2. The summed E-state index contributed by atoms with van der Waals surface area (Å²) in [5.74, 6) is 0. The van der Waals surface area contributed by atoms with E-state index in [4.69, 9.17) is 10.8 Å². The Morgan fingerprint density at radius 3 is 1.65 bits per heavy atom. The van der Waals surface area contributed by atoms with Crippen molar-refractivity contribution in [3.05, 3.63) is 212 Å². The molecule has 0 bridgehead atoms. The first-order valence-electron chi connectivity index (χ1n) is 19.3. The molecule has 1 aliphatic carbocycles. The summed E-state index contributed by atoms with van der Waals surface area (Å²) in [5, 5.41) is 12.1. The molecule has 1 aliphatic rings. The summed E-state index contributed by atoms with van der Waals surface area (Å²) in [5.41, 5.74) is 23.2. The maximum absolute atomic E-state index is 6.62. The number of pyridine rings is 1. The Hall–Kier alpha value is -7.40. The monoisotopic (exact) mass is 730 g/mol. The van der Waals surface area contributed by atoms with Crippen LogP contribution in [0.25, 0.3) is 82.4 Å². The quantitative estimate of drug-likeness (QED) is 0.127. The Labute approximate surface area is 332 Å². The Balaban J connectivity index is 0.996. The minimum absolute atomic E-state index is 0.334. The number of anilines is 1. The van der Waals surface area contributed by atoms with E-state index in [-0.39, 0.29) is 6.04 Å². The van der Waals surface area contributed by atoms with Crippen LogP contribution >= 0.6 is 0 Å². The van der Waals surface area contributed by atoms with Crippen molar-refractivity contribution in [1.29, 1.82) is 0 Å². The Morgan fingerprint density at radius 2 is 1.02 bits per heavy atom. The molecule has 0 saturated carbocycles. The minimum Gasteiger partial charge on any atom is -0.319 e. The van der Waals surface area contributed by atoms with Crippen LogP contribution in [0.3, 0.4) is 0 Å². The van der Waals surface area contributed by atoms with Crippen LogP contribution in [0.4, 0.5) is 5.69 Å². The van der Waals surface area contributed by atoms with E-state index in [0.717, 1.165) is 33.7 Å². The van der Waals surface area contributed by atoms with Gasteiger partial charge in [0.25, 0.3) is 0 Å². The number of hydrogen-bond donors (Lipinski definition) is 2. The number of allylic oxidation sites excluding steroid dienone is 2. The maximum atomic E-state index is 6.62. The van der Waals surface area contributed by atoms with Gasteiger partial charge in [0, 0.05) is 18.0 Å². The van der Waals surface area contributed by atoms with E-state index >= 15 is 0 Å². The van der Waals surface area contributed by atoms with Gasteiger partial charge in [0.2, 0.25) is 0 Å². The highest BCUT2D eigenvalue weighted by Crippen LogP contribution is 2.44. The molecule has 0 aliphatic heterocycles. The van der Waals surface area contributed by atoms with Crippen molar-refractivity contribution in [2.24, 2.45) is 10.8 Å². The van der Waals surface area contributed by atoms with Crippen LogP contribution in [-0.2, 0) is 0 Å². The molecule has 10 rings (SSSR count). The Kier molecular flexibility index (Phi) is 8.79. The molecule has 0 saturated heterocycles. The molecule has 4 heteroatoms. The lowest BCUT2D eigenvalue weighted by atomic mass is 9.84. The van der Waals surface area contributed by atoms with Crippen LogP contribution in [0.2, 0.25) is 0 Å². The first kappa shape index (κ1) is 34.1. The second kappa shape index (κ2) is 14.7. The molecular weight excluding hydrogens is 693 g/mol. The van der Waals surface area contributed by atoms with E-state index < -0.39 is 0 Å². The zero-order valence-corrected chi connectivity index (χ0v) is 31.2. The van der Waals surface area contributed by atoms with Gasteiger partial charge in [0.1, 0.15) is 0 Å². The SMILES string of the molecule is NC1C=CC(c2ccc3c(-c4ccccc4)c4ccccc4c(-c4ccccc4)c3c2)=CC1=NNc1ccc(-c2ccc(-c3cccnc3)c3ccccc23)cc1. The van der Waals surface area contributed by atoms with Gasteiger partial charge in [0.15, 0.2) is 0 Å². The first-order chi connectivity index (χ1) is 28.2. The number of aromatic nitrogens is 1. The van der Waals surface area contributed by atoms with Gasteiger partial charge in [-0.1, -0.05) is 164 Å². The lowest BCUT2D eigenvalue weighted by Gasteiger charge is -2.20. The van der Waals surface area contributed by atoms with Gasteiger partial charge in [-0.25, -0.2) is 0 Å². The summed E-state index contributed by atoms with van der Waals surface area (Å²) in [6.07, 6.45) is 9.97. The second-order valence-electron chi connectivity index (χ2n) is 14.4. The molecule has 3 N–H and O–H groups in total.